The van der Waals surface area contributed by atoms with Crippen molar-refractivity contribution in [3.8, 4) is 0 Å². The monoisotopic (exact) mass is 272 g/mol. The maximum Gasteiger partial charge on any atom is 1.00 e. The van der Waals surface area contributed by atoms with Crippen molar-refractivity contribution in [3.05, 3.63) is 10.6 Å². The fourth-order valence-electron chi connectivity index (χ4n) is 1.15. The molecular formula is C8H13N2NaO3S2. The van der Waals surface area contributed by atoms with E-state index in [9.17, 15) is 13.0 Å². The molecule has 0 aliphatic heterocycles. The van der Waals surface area contributed by atoms with Crippen molar-refractivity contribution in [2.45, 2.75) is 33.1 Å². The summed E-state index contributed by atoms with van der Waals surface area (Å²) in [6, 6.07) is 0. The molecule has 16 heavy (non-hydrogen) atoms. The van der Waals surface area contributed by atoms with Gasteiger partial charge in [-0.3, -0.25) is 4.72 Å². The van der Waals surface area contributed by atoms with Gasteiger partial charge in [-0.1, -0.05) is 13.3 Å². The van der Waals surface area contributed by atoms with E-state index in [0.29, 0.717) is 0 Å². The van der Waals surface area contributed by atoms with Gasteiger partial charge in [-0.15, -0.1) is 11.3 Å². The first-order chi connectivity index (χ1) is 6.92. The maximum absolute atomic E-state index is 10.4. The molecule has 0 saturated heterocycles. The molecule has 0 fully saturated rings. The number of anilines is 1. The summed E-state index contributed by atoms with van der Waals surface area (Å²) in [7, 11) is -4.45. The Morgan fingerprint density at radius 1 is 1.50 bits per heavy atom. The minimum Gasteiger partial charge on any atom is -0.731 e. The van der Waals surface area contributed by atoms with Crippen molar-refractivity contribution in [3.63, 3.8) is 0 Å². The Morgan fingerprint density at radius 3 is 2.62 bits per heavy atom. The Balaban J connectivity index is 0.00000225. The molecule has 0 saturated carbocycles. The third-order valence-corrected chi connectivity index (χ3v) is 3.57. The van der Waals surface area contributed by atoms with E-state index in [4.69, 9.17) is 0 Å². The molecule has 0 bridgehead atoms. The van der Waals surface area contributed by atoms with Gasteiger partial charge < -0.3 is 4.55 Å². The Labute approximate surface area is 122 Å². The van der Waals surface area contributed by atoms with Crippen LogP contribution in [0.3, 0.4) is 0 Å². The SMILES string of the molecule is CCCCc1sc(NS(=O)(=O)[O-])nc1C.[Na+]. The number of hydrogen-bond acceptors (Lipinski definition) is 5. The van der Waals surface area contributed by atoms with Crippen LogP contribution in [-0.4, -0.2) is 18.0 Å². The Morgan fingerprint density at radius 2 is 2.12 bits per heavy atom. The van der Waals surface area contributed by atoms with Gasteiger partial charge in [-0.25, -0.2) is 13.4 Å². The first-order valence-corrected chi connectivity index (χ1v) is 6.84. The summed E-state index contributed by atoms with van der Waals surface area (Å²) in [6.45, 7) is 3.89. The Bertz CT molecular complexity index is 430. The number of unbranched alkanes of at least 4 members (excludes halogenated alkanes) is 1. The minimum atomic E-state index is -4.45. The smallest absolute Gasteiger partial charge is 0.731 e. The van der Waals surface area contributed by atoms with Crippen LogP contribution in [0.25, 0.3) is 0 Å². The molecule has 0 aliphatic rings. The van der Waals surface area contributed by atoms with Crippen molar-refractivity contribution in [2.24, 2.45) is 0 Å². The molecule has 1 aromatic heterocycles. The van der Waals surface area contributed by atoms with E-state index in [1.54, 1.807) is 0 Å². The number of aryl methyl sites for hydroxylation is 2. The molecule has 0 amide bonds. The van der Waals surface area contributed by atoms with Gasteiger partial charge in [-0.2, -0.15) is 0 Å². The molecule has 0 spiro atoms. The van der Waals surface area contributed by atoms with E-state index in [2.05, 4.69) is 11.9 Å². The second-order valence-corrected chi connectivity index (χ2v) is 5.38. The summed E-state index contributed by atoms with van der Waals surface area (Å²) in [5.74, 6) is 0. The van der Waals surface area contributed by atoms with Crippen LogP contribution in [0.5, 0.6) is 0 Å². The zero-order valence-electron chi connectivity index (χ0n) is 9.61. The largest absolute Gasteiger partial charge is 1.00 e. The predicted molar refractivity (Wildman–Crippen MR) is 58.8 cm³/mol. The molecule has 5 nitrogen and oxygen atoms in total. The maximum atomic E-state index is 10.4. The molecule has 8 heteroatoms. The van der Waals surface area contributed by atoms with Crippen LogP contribution < -0.4 is 34.3 Å². The fourth-order valence-corrected chi connectivity index (χ4v) is 2.74. The van der Waals surface area contributed by atoms with Crippen molar-refractivity contribution in [1.82, 2.24) is 4.98 Å². The number of aromatic nitrogens is 1. The molecule has 1 heterocycles. The second-order valence-electron chi connectivity index (χ2n) is 3.19. The van der Waals surface area contributed by atoms with Crippen LogP contribution in [0.2, 0.25) is 0 Å². The summed E-state index contributed by atoms with van der Waals surface area (Å²) >= 11 is 1.22. The summed E-state index contributed by atoms with van der Waals surface area (Å²) in [6.07, 6.45) is 2.98. The van der Waals surface area contributed by atoms with Crippen molar-refractivity contribution in [1.29, 1.82) is 0 Å². The first-order valence-electron chi connectivity index (χ1n) is 4.62. The standard InChI is InChI=1S/C8H14N2O3S2.Na/c1-3-4-5-7-6(2)9-8(14-7)10-15(11,12)13;/h3-5H2,1-2H3,(H,9,10)(H,11,12,13);/q;+1/p-1. The van der Waals surface area contributed by atoms with Gasteiger partial charge in [0.1, 0.15) is 0 Å². The van der Waals surface area contributed by atoms with Gasteiger partial charge in [0.2, 0.25) is 0 Å². The average molecular weight is 272 g/mol. The number of hydrogen-bond donors (Lipinski definition) is 1. The summed E-state index contributed by atoms with van der Waals surface area (Å²) in [5, 5.41) is 0.161. The molecular weight excluding hydrogens is 259 g/mol. The minimum absolute atomic E-state index is 0. The second kappa shape index (κ2) is 6.93. The average Bonchev–Trinajstić information content (AvgIpc) is 2.39. The van der Waals surface area contributed by atoms with Crippen molar-refractivity contribution < 1.29 is 42.5 Å². The molecule has 0 unspecified atom stereocenters. The Kier molecular flexibility index (Phi) is 7.07. The van der Waals surface area contributed by atoms with E-state index in [1.165, 1.54) is 11.3 Å². The summed E-state index contributed by atoms with van der Waals surface area (Å²) in [4.78, 5) is 5.01. The van der Waals surface area contributed by atoms with Gasteiger partial charge >= 0.3 is 29.6 Å². The van der Waals surface area contributed by atoms with Gasteiger partial charge in [0.05, 0.1) is 5.69 Å². The molecule has 1 rings (SSSR count). The van der Waals surface area contributed by atoms with Crippen LogP contribution in [0, 0.1) is 6.92 Å². The van der Waals surface area contributed by atoms with Gasteiger partial charge in [0, 0.05) is 4.88 Å². The van der Waals surface area contributed by atoms with Crippen LogP contribution in [0.4, 0.5) is 5.13 Å². The molecule has 0 atom stereocenters. The third kappa shape index (κ3) is 5.60. The van der Waals surface area contributed by atoms with Crippen LogP contribution >= 0.6 is 11.3 Å². The van der Waals surface area contributed by atoms with Crippen molar-refractivity contribution in [2.75, 3.05) is 4.72 Å². The van der Waals surface area contributed by atoms with Crippen LogP contribution in [-0.2, 0) is 16.7 Å². The third-order valence-electron chi connectivity index (χ3n) is 1.86. The number of rotatable bonds is 5. The fraction of sp³-hybridized carbons (Fsp3) is 0.625. The molecule has 0 radical (unpaired) electrons. The number of thiazole rings is 1. The van der Waals surface area contributed by atoms with E-state index < -0.39 is 10.3 Å². The van der Waals surface area contributed by atoms with E-state index >= 15 is 0 Å². The molecule has 86 valence electrons. The molecule has 0 aromatic carbocycles. The summed E-state index contributed by atoms with van der Waals surface area (Å²) < 4.78 is 33.1. The Hall–Kier alpha value is 0.340. The predicted octanol–water partition coefficient (Wildman–Crippen LogP) is -1.33. The zero-order chi connectivity index (χ0) is 11.5. The van der Waals surface area contributed by atoms with Crippen molar-refractivity contribution >= 4 is 26.8 Å². The van der Waals surface area contributed by atoms with E-state index in [-0.39, 0.29) is 34.7 Å². The van der Waals surface area contributed by atoms with Gasteiger partial charge in [0.25, 0.3) is 0 Å². The molecule has 1 N–H and O–H groups in total. The normalized spacial score (nSPS) is 10.9. The summed E-state index contributed by atoms with van der Waals surface area (Å²) in [5.41, 5.74) is 0.791. The number of nitrogens with zero attached hydrogens (tertiary/aromatic N) is 1. The van der Waals surface area contributed by atoms with E-state index in [1.807, 2.05) is 11.6 Å². The van der Waals surface area contributed by atoms with Crippen LogP contribution in [0.15, 0.2) is 0 Å². The first kappa shape index (κ1) is 16.3. The quantitative estimate of drug-likeness (QED) is 0.532. The van der Waals surface area contributed by atoms with E-state index in [0.717, 1.165) is 29.8 Å². The molecule has 0 aliphatic carbocycles. The molecule has 1 aromatic rings. The van der Waals surface area contributed by atoms with Gasteiger partial charge in [0.15, 0.2) is 15.4 Å². The topological polar surface area (TPSA) is 82.1 Å². The van der Waals surface area contributed by atoms with Crippen LogP contribution in [0.1, 0.15) is 30.3 Å². The number of nitrogens with one attached hydrogen (secondary N) is 1. The van der Waals surface area contributed by atoms with Gasteiger partial charge in [-0.05, 0) is 19.8 Å². The zero-order valence-corrected chi connectivity index (χ0v) is 13.2.